The number of carbonyl (C=O) groups is 3. The van der Waals surface area contributed by atoms with Crippen LogP contribution < -0.4 is 15.4 Å². The average molecular weight is 547 g/mol. The highest BCUT2D eigenvalue weighted by Crippen LogP contribution is 2.46. The first-order valence-corrected chi connectivity index (χ1v) is 13.2. The van der Waals surface area contributed by atoms with Crippen molar-refractivity contribution >= 4 is 29.2 Å². The highest BCUT2D eigenvalue weighted by atomic mass is 19.1. The van der Waals surface area contributed by atoms with Crippen LogP contribution in [0.1, 0.15) is 55.0 Å². The summed E-state index contributed by atoms with van der Waals surface area (Å²) in [5.41, 5.74) is 1.70. The summed E-state index contributed by atoms with van der Waals surface area (Å²) in [4.78, 5) is 40.9. The van der Waals surface area contributed by atoms with Crippen LogP contribution in [0.15, 0.2) is 54.7 Å². The fourth-order valence-corrected chi connectivity index (χ4v) is 6.39. The SMILES string of the molecule is CC1(C)CC[C@@H](c2cc(F)cc(F)c2)N(CC(=O)Nc2ccc3c(c2)C[C@@]2(C3)C(=O)Nc3c2ccc[n+]3[O-])C1=O. The lowest BCUT2D eigenvalue weighted by Crippen LogP contribution is -2.50. The fourth-order valence-electron chi connectivity index (χ4n) is 6.39. The van der Waals surface area contributed by atoms with Crippen LogP contribution in [0, 0.1) is 22.3 Å². The fraction of sp³-hybridized carbons (Fsp3) is 0.333. The van der Waals surface area contributed by atoms with E-state index in [4.69, 9.17) is 0 Å². The van der Waals surface area contributed by atoms with E-state index in [2.05, 4.69) is 10.6 Å². The van der Waals surface area contributed by atoms with Crippen molar-refractivity contribution in [3.05, 3.63) is 93.8 Å². The van der Waals surface area contributed by atoms with E-state index < -0.39 is 34.4 Å². The molecule has 1 spiro atoms. The Morgan fingerprint density at radius 3 is 2.58 bits per heavy atom. The molecule has 1 aromatic heterocycles. The number of anilines is 2. The van der Waals surface area contributed by atoms with E-state index in [1.807, 2.05) is 12.1 Å². The van der Waals surface area contributed by atoms with Crippen LogP contribution >= 0.6 is 0 Å². The van der Waals surface area contributed by atoms with Crippen LogP contribution in [0.25, 0.3) is 0 Å². The normalized spacial score (nSPS) is 22.7. The second-order valence-electron chi connectivity index (χ2n) is 11.6. The minimum Gasteiger partial charge on any atom is -0.711 e. The molecule has 2 aromatic carbocycles. The van der Waals surface area contributed by atoms with Gasteiger partial charge in [0.2, 0.25) is 11.8 Å². The van der Waals surface area contributed by atoms with Gasteiger partial charge in [-0.1, -0.05) is 19.9 Å². The molecule has 1 saturated heterocycles. The topological polar surface area (TPSA) is 105 Å². The molecule has 40 heavy (non-hydrogen) atoms. The molecule has 0 radical (unpaired) electrons. The summed E-state index contributed by atoms with van der Waals surface area (Å²) < 4.78 is 28.6. The number of hydrogen-bond acceptors (Lipinski definition) is 4. The third-order valence-electron chi connectivity index (χ3n) is 8.46. The number of pyridine rings is 1. The molecule has 3 amide bonds. The maximum Gasteiger partial charge on any atom is 0.319 e. The number of aromatic nitrogens is 1. The van der Waals surface area contributed by atoms with Crippen molar-refractivity contribution in [3.63, 3.8) is 0 Å². The van der Waals surface area contributed by atoms with Crippen molar-refractivity contribution in [2.75, 3.05) is 17.2 Å². The Balaban J connectivity index is 1.22. The van der Waals surface area contributed by atoms with Gasteiger partial charge in [0.25, 0.3) is 5.82 Å². The Kier molecular flexibility index (Phi) is 5.90. The first-order valence-electron chi connectivity index (χ1n) is 13.2. The molecule has 6 rings (SSSR count). The van der Waals surface area contributed by atoms with Crippen LogP contribution in [-0.2, 0) is 32.6 Å². The summed E-state index contributed by atoms with van der Waals surface area (Å²) in [7, 11) is 0. The quantitative estimate of drug-likeness (QED) is 0.382. The molecule has 1 fully saturated rings. The number of amides is 3. The number of likely N-dealkylation sites (tertiary alicyclic amines) is 1. The molecule has 0 bridgehead atoms. The van der Waals surface area contributed by atoms with Crippen LogP contribution in [0.2, 0.25) is 0 Å². The predicted octanol–water partition coefficient (Wildman–Crippen LogP) is 3.92. The summed E-state index contributed by atoms with van der Waals surface area (Å²) in [5, 5.41) is 17.8. The Morgan fingerprint density at radius 2 is 1.82 bits per heavy atom. The highest BCUT2D eigenvalue weighted by Gasteiger charge is 2.55. The molecule has 0 saturated carbocycles. The van der Waals surface area contributed by atoms with Crippen molar-refractivity contribution in [3.8, 4) is 0 Å². The molecular weight excluding hydrogens is 518 g/mol. The van der Waals surface area contributed by atoms with E-state index in [1.54, 1.807) is 32.0 Å². The van der Waals surface area contributed by atoms with E-state index in [0.29, 0.717) is 47.2 Å². The summed E-state index contributed by atoms with van der Waals surface area (Å²) in [5.74, 6) is -2.17. The number of rotatable bonds is 4. The van der Waals surface area contributed by atoms with Gasteiger partial charge in [-0.05, 0) is 78.8 Å². The second-order valence-corrected chi connectivity index (χ2v) is 11.6. The smallest absolute Gasteiger partial charge is 0.319 e. The number of fused-ring (bicyclic) bond motifs is 3. The van der Waals surface area contributed by atoms with Gasteiger partial charge in [-0.25, -0.2) is 23.6 Å². The number of halogens is 2. The second kappa shape index (κ2) is 9.11. The van der Waals surface area contributed by atoms with Crippen LogP contribution in [0.4, 0.5) is 20.3 Å². The Hall–Kier alpha value is -4.34. The highest BCUT2D eigenvalue weighted by molar-refractivity contribution is 6.05. The van der Waals surface area contributed by atoms with Gasteiger partial charge >= 0.3 is 5.91 Å². The first kappa shape index (κ1) is 25.9. The van der Waals surface area contributed by atoms with Crippen molar-refractivity contribution in [2.45, 2.75) is 51.0 Å². The van der Waals surface area contributed by atoms with E-state index in [0.717, 1.165) is 17.2 Å². The molecule has 3 aromatic rings. The van der Waals surface area contributed by atoms with Gasteiger partial charge < -0.3 is 15.4 Å². The third kappa shape index (κ3) is 4.18. The van der Waals surface area contributed by atoms with Gasteiger partial charge in [-0.3, -0.25) is 9.59 Å². The van der Waals surface area contributed by atoms with Crippen molar-refractivity contribution in [2.24, 2.45) is 5.41 Å². The number of nitrogens with one attached hydrogen (secondary N) is 2. The van der Waals surface area contributed by atoms with Crippen molar-refractivity contribution in [1.29, 1.82) is 0 Å². The molecule has 0 unspecified atom stereocenters. The standard InChI is InChI=1S/C30H28F2N4O4/c1-29(2)8-7-24(18-10-20(31)13-21(32)11-18)35(28(29)39)16-25(37)33-22-6-5-17-14-30(15-19(17)12-22)23-4-3-9-36(40)26(23)34-27(30)38/h3-6,9-13,24H,7-8,14-16H2,1-2H3,(H,33,37)(H,34,38)/t24-,30+/m0/s1. The van der Waals surface area contributed by atoms with E-state index in [1.165, 1.54) is 23.2 Å². The Morgan fingerprint density at radius 1 is 1.10 bits per heavy atom. The lowest BCUT2D eigenvalue weighted by atomic mass is 9.78. The van der Waals surface area contributed by atoms with Gasteiger partial charge in [0.05, 0.1) is 17.8 Å². The molecule has 206 valence electrons. The zero-order valence-corrected chi connectivity index (χ0v) is 22.1. The average Bonchev–Trinajstić information content (AvgIpc) is 3.39. The van der Waals surface area contributed by atoms with Gasteiger partial charge in [0.15, 0.2) is 0 Å². The predicted molar refractivity (Wildman–Crippen MR) is 142 cm³/mol. The van der Waals surface area contributed by atoms with E-state index >= 15 is 0 Å². The third-order valence-corrected chi connectivity index (χ3v) is 8.46. The van der Waals surface area contributed by atoms with Crippen LogP contribution in [0.3, 0.4) is 0 Å². The molecule has 3 heterocycles. The van der Waals surface area contributed by atoms with Crippen molar-refractivity contribution in [1.82, 2.24) is 4.90 Å². The van der Waals surface area contributed by atoms with E-state index in [-0.39, 0.29) is 24.2 Å². The minimum atomic E-state index is -0.882. The minimum absolute atomic E-state index is 0.230. The first-order chi connectivity index (χ1) is 19.0. The molecule has 8 nitrogen and oxygen atoms in total. The van der Waals surface area contributed by atoms with E-state index in [9.17, 15) is 28.4 Å². The number of benzene rings is 2. The summed E-state index contributed by atoms with van der Waals surface area (Å²) in [6, 6.07) is 11.4. The summed E-state index contributed by atoms with van der Waals surface area (Å²) in [6.07, 6.45) is 3.13. The molecule has 2 aliphatic heterocycles. The van der Waals surface area contributed by atoms with Crippen LogP contribution in [0.5, 0.6) is 0 Å². The largest absolute Gasteiger partial charge is 0.711 e. The number of carbonyl (C=O) groups excluding carboxylic acids is 3. The zero-order chi connectivity index (χ0) is 28.4. The van der Waals surface area contributed by atoms with Gasteiger partial charge in [-0.2, -0.15) is 0 Å². The summed E-state index contributed by atoms with van der Waals surface area (Å²) >= 11 is 0. The van der Waals surface area contributed by atoms with Crippen molar-refractivity contribution < 1.29 is 27.9 Å². The maximum atomic E-state index is 14.0. The lowest BCUT2D eigenvalue weighted by Gasteiger charge is -2.43. The lowest BCUT2D eigenvalue weighted by molar-refractivity contribution is -0.590. The molecule has 2 N–H and O–H groups in total. The number of nitrogens with zero attached hydrogens (tertiary/aromatic N) is 2. The molecule has 3 aliphatic rings. The van der Waals surface area contributed by atoms with Crippen LogP contribution in [-0.4, -0.2) is 29.2 Å². The molecule has 2 atom stereocenters. The maximum absolute atomic E-state index is 14.0. The van der Waals surface area contributed by atoms with Gasteiger partial charge in [-0.15, -0.1) is 0 Å². The monoisotopic (exact) mass is 546 g/mol. The van der Waals surface area contributed by atoms with Gasteiger partial charge in [0, 0.05) is 17.2 Å². The zero-order valence-electron chi connectivity index (χ0n) is 22.1. The summed E-state index contributed by atoms with van der Waals surface area (Å²) in [6.45, 7) is 3.31. The molecular formula is C30H28F2N4O4. The van der Waals surface area contributed by atoms with Gasteiger partial charge in [0.1, 0.15) is 23.6 Å². The molecule has 1 aliphatic carbocycles. The Labute approximate surface area is 229 Å². The number of piperidine rings is 1. The number of hydrogen-bond donors (Lipinski definition) is 2. The Bertz CT molecular complexity index is 1570. The molecule has 10 heteroatoms.